The Hall–Kier alpha value is -6.27. The molecule has 212 valence electrons. The van der Waals surface area contributed by atoms with Gasteiger partial charge in [0.05, 0.1) is 50.2 Å². The number of nitrogens with zero attached hydrogens (tertiary/aromatic N) is 6. The van der Waals surface area contributed by atoms with E-state index in [1.807, 2.05) is 49.1 Å². The number of imidazole rings is 3. The molecule has 3 aromatic heterocycles. The van der Waals surface area contributed by atoms with Crippen LogP contribution in [0.1, 0.15) is 0 Å². The molecule has 9 rings (SSSR count). The van der Waals surface area contributed by atoms with Gasteiger partial charge >= 0.3 is 0 Å². The van der Waals surface area contributed by atoms with Gasteiger partial charge in [0.2, 0.25) is 0 Å². The fraction of sp³-hybridized carbons (Fsp3) is 0. The molecule has 6 heteroatoms. The zero-order valence-electron chi connectivity index (χ0n) is 24.2. The van der Waals surface area contributed by atoms with Crippen molar-refractivity contribution in [3.8, 4) is 39.6 Å². The molecule has 0 unspecified atom stereocenters. The van der Waals surface area contributed by atoms with Crippen LogP contribution in [0.3, 0.4) is 0 Å². The molecule has 6 nitrogen and oxygen atoms in total. The van der Waals surface area contributed by atoms with E-state index in [0.717, 1.165) is 72.7 Å². The summed E-state index contributed by atoms with van der Waals surface area (Å²) < 4.78 is 6.61. The molecule has 0 fully saturated rings. The standard InChI is InChI=1S/C39H26N6/c1-2-12-27(13-3-1)39-42-32-17-7-11-21-36(32)45(39)33-18-8-4-14-29(33)28-22-23-37(43-25-40-30-15-5-9-19-34(30)43)38(24-28)44-26-41-31-16-6-10-20-35(31)44/h1-26H. The van der Waals surface area contributed by atoms with Crippen LogP contribution in [0, 0.1) is 0 Å². The van der Waals surface area contributed by atoms with Gasteiger partial charge in [0.1, 0.15) is 18.5 Å². The summed E-state index contributed by atoms with van der Waals surface area (Å²) in [6.07, 6.45) is 3.81. The third-order valence-corrected chi connectivity index (χ3v) is 8.45. The predicted molar refractivity (Wildman–Crippen MR) is 181 cm³/mol. The Bertz CT molecular complexity index is 2500. The number of aromatic nitrogens is 6. The maximum absolute atomic E-state index is 5.10. The summed E-state index contributed by atoms with van der Waals surface area (Å²) in [6.45, 7) is 0. The fourth-order valence-corrected chi connectivity index (χ4v) is 6.35. The quantitative estimate of drug-likeness (QED) is 0.205. The summed E-state index contributed by atoms with van der Waals surface area (Å²) in [5.74, 6) is 0.909. The van der Waals surface area contributed by atoms with Gasteiger partial charge in [-0.2, -0.15) is 0 Å². The van der Waals surface area contributed by atoms with E-state index in [-0.39, 0.29) is 0 Å². The molecular formula is C39H26N6. The maximum atomic E-state index is 5.10. The van der Waals surface area contributed by atoms with E-state index >= 15 is 0 Å². The molecule has 0 saturated carbocycles. The topological polar surface area (TPSA) is 53.5 Å². The molecule has 6 aromatic carbocycles. The first-order chi connectivity index (χ1) is 22.3. The van der Waals surface area contributed by atoms with E-state index in [1.54, 1.807) is 0 Å². The number of hydrogen-bond acceptors (Lipinski definition) is 3. The Morgan fingerprint density at radius 1 is 0.400 bits per heavy atom. The first-order valence-corrected chi connectivity index (χ1v) is 15.0. The molecule has 0 aliphatic rings. The Morgan fingerprint density at radius 3 is 1.71 bits per heavy atom. The molecule has 3 heterocycles. The van der Waals surface area contributed by atoms with Gasteiger partial charge in [-0.15, -0.1) is 0 Å². The average molecular weight is 579 g/mol. The summed E-state index contributed by atoms with van der Waals surface area (Å²) in [5.41, 5.74) is 12.4. The summed E-state index contributed by atoms with van der Waals surface area (Å²) in [5, 5.41) is 0. The summed E-state index contributed by atoms with van der Waals surface area (Å²) in [4.78, 5) is 14.6. The van der Waals surface area contributed by atoms with Crippen molar-refractivity contribution in [1.29, 1.82) is 0 Å². The lowest BCUT2D eigenvalue weighted by atomic mass is 10.0. The van der Waals surface area contributed by atoms with Gasteiger partial charge in [-0.1, -0.05) is 91.0 Å². The van der Waals surface area contributed by atoms with Crippen LogP contribution in [0.15, 0.2) is 158 Å². The third-order valence-electron chi connectivity index (χ3n) is 8.45. The van der Waals surface area contributed by atoms with Gasteiger partial charge in [0, 0.05) is 11.1 Å². The monoisotopic (exact) mass is 578 g/mol. The molecule has 0 bridgehead atoms. The van der Waals surface area contributed by atoms with E-state index in [4.69, 9.17) is 15.0 Å². The number of hydrogen-bond donors (Lipinski definition) is 0. The molecule has 0 saturated heterocycles. The van der Waals surface area contributed by atoms with E-state index in [2.05, 4.69) is 123 Å². The molecule has 0 N–H and O–H groups in total. The van der Waals surface area contributed by atoms with Crippen LogP contribution in [0.4, 0.5) is 0 Å². The van der Waals surface area contributed by atoms with E-state index in [9.17, 15) is 0 Å². The Balaban J connectivity index is 1.31. The molecule has 0 atom stereocenters. The van der Waals surface area contributed by atoms with E-state index in [1.165, 1.54) is 0 Å². The smallest absolute Gasteiger partial charge is 0.145 e. The Morgan fingerprint density at radius 2 is 0.978 bits per heavy atom. The zero-order chi connectivity index (χ0) is 29.7. The average Bonchev–Trinajstić information content (AvgIpc) is 3.84. The minimum atomic E-state index is 0.909. The maximum Gasteiger partial charge on any atom is 0.145 e. The van der Waals surface area contributed by atoms with Crippen molar-refractivity contribution >= 4 is 33.1 Å². The third kappa shape index (κ3) is 4.07. The molecule has 0 aliphatic heterocycles. The van der Waals surface area contributed by atoms with E-state index < -0.39 is 0 Å². The van der Waals surface area contributed by atoms with Crippen LogP contribution in [0.5, 0.6) is 0 Å². The second-order valence-corrected chi connectivity index (χ2v) is 11.1. The second-order valence-electron chi connectivity index (χ2n) is 11.1. The van der Waals surface area contributed by atoms with Crippen molar-refractivity contribution in [2.75, 3.05) is 0 Å². The Labute approximate surface area is 259 Å². The number of rotatable bonds is 5. The van der Waals surface area contributed by atoms with Crippen LogP contribution in [-0.4, -0.2) is 28.7 Å². The highest BCUT2D eigenvalue weighted by atomic mass is 15.1. The molecule has 45 heavy (non-hydrogen) atoms. The Kier molecular flexibility index (Phi) is 5.71. The minimum Gasteiger partial charge on any atom is -0.297 e. The van der Waals surface area contributed by atoms with Gasteiger partial charge in [0.15, 0.2) is 0 Å². The highest BCUT2D eigenvalue weighted by Gasteiger charge is 2.19. The van der Waals surface area contributed by atoms with Crippen LogP contribution >= 0.6 is 0 Å². The molecule has 0 aliphatic carbocycles. The van der Waals surface area contributed by atoms with Crippen LogP contribution in [0.2, 0.25) is 0 Å². The number of fused-ring (bicyclic) bond motifs is 3. The highest BCUT2D eigenvalue weighted by molar-refractivity contribution is 5.88. The van der Waals surface area contributed by atoms with Gasteiger partial charge in [-0.3, -0.25) is 13.7 Å². The highest BCUT2D eigenvalue weighted by Crippen LogP contribution is 2.37. The molecule has 9 aromatic rings. The van der Waals surface area contributed by atoms with Crippen molar-refractivity contribution in [2.45, 2.75) is 0 Å². The van der Waals surface area contributed by atoms with Gasteiger partial charge < -0.3 is 0 Å². The molecule has 0 amide bonds. The van der Waals surface area contributed by atoms with E-state index in [0.29, 0.717) is 0 Å². The number of benzene rings is 6. The molecular weight excluding hydrogens is 552 g/mol. The van der Waals surface area contributed by atoms with Crippen molar-refractivity contribution in [2.24, 2.45) is 0 Å². The van der Waals surface area contributed by atoms with Crippen LogP contribution in [-0.2, 0) is 0 Å². The van der Waals surface area contributed by atoms with Gasteiger partial charge in [-0.25, -0.2) is 15.0 Å². The van der Waals surface area contributed by atoms with Gasteiger partial charge in [0.25, 0.3) is 0 Å². The largest absolute Gasteiger partial charge is 0.297 e. The minimum absolute atomic E-state index is 0.909. The predicted octanol–water partition coefficient (Wildman–Crippen LogP) is 9.04. The van der Waals surface area contributed by atoms with Crippen molar-refractivity contribution in [3.05, 3.63) is 158 Å². The van der Waals surface area contributed by atoms with Crippen molar-refractivity contribution < 1.29 is 0 Å². The second kappa shape index (κ2) is 10.2. The summed E-state index contributed by atoms with van der Waals surface area (Å²) >= 11 is 0. The fourth-order valence-electron chi connectivity index (χ4n) is 6.35. The van der Waals surface area contributed by atoms with Crippen LogP contribution < -0.4 is 0 Å². The number of para-hydroxylation sites is 7. The molecule has 0 spiro atoms. The van der Waals surface area contributed by atoms with Crippen molar-refractivity contribution in [3.63, 3.8) is 0 Å². The van der Waals surface area contributed by atoms with Gasteiger partial charge in [-0.05, 0) is 60.2 Å². The zero-order valence-corrected chi connectivity index (χ0v) is 24.2. The van der Waals surface area contributed by atoms with Crippen molar-refractivity contribution in [1.82, 2.24) is 28.7 Å². The molecule has 0 radical (unpaired) electrons. The summed E-state index contributed by atoms with van der Waals surface area (Å²) in [7, 11) is 0. The normalized spacial score (nSPS) is 11.6. The lowest BCUT2D eigenvalue weighted by Crippen LogP contribution is -2.04. The SMILES string of the molecule is c1ccc(-c2nc3ccccc3n2-c2ccccc2-c2ccc(-n3cnc4ccccc43)c(-n3cnc4ccccc43)c2)cc1. The first-order valence-electron chi connectivity index (χ1n) is 15.0. The van der Waals surface area contributed by atoms with Crippen LogP contribution in [0.25, 0.3) is 72.7 Å². The lowest BCUT2D eigenvalue weighted by Gasteiger charge is -2.18. The lowest BCUT2D eigenvalue weighted by molar-refractivity contribution is 1.02. The summed E-state index contributed by atoms with van der Waals surface area (Å²) in [6, 6.07) is 50.4. The first kappa shape index (κ1) is 25.2.